The Hall–Kier alpha value is -2.36. The molecule has 2 heterocycles. The van der Waals surface area contributed by atoms with E-state index in [9.17, 15) is 4.79 Å². The monoisotopic (exact) mass is 226 g/mol. The molecule has 4 heteroatoms. The number of para-hydroxylation sites is 1. The van der Waals surface area contributed by atoms with E-state index in [2.05, 4.69) is 10.2 Å². The molecule has 17 heavy (non-hydrogen) atoms. The molecule has 4 nitrogen and oxygen atoms in total. The summed E-state index contributed by atoms with van der Waals surface area (Å²) < 4.78 is 5.25. The number of aryl methyl sites for hydroxylation is 1. The largest absolute Gasteiger partial charge is 0.422 e. The van der Waals surface area contributed by atoms with Gasteiger partial charge in [-0.1, -0.05) is 18.2 Å². The molecular weight excluding hydrogens is 216 g/mol. The lowest BCUT2D eigenvalue weighted by atomic mass is 10.1. The van der Waals surface area contributed by atoms with Gasteiger partial charge in [0.05, 0.1) is 11.3 Å². The molecule has 0 aliphatic rings. The molecule has 0 saturated heterocycles. The van der Waals surface area contributed by atoms with Gasteiger partial charge >= 0.3 is 5.63 Å². The molecule has 0 amide bonds. The van der Waals surface area contributed by atoms with E-state index in [1.165, 1.54) is 0 Å². The number of rotatable bonds is 1. The topological polar surface area (TPSA) is 58.9 Å². The normalized spacial score (nSPS) is 10.9. The van der Waals surface area contributed by atoms with E-state index in [1.807, 2.05) is 31.2 Å². The average molecular weight is 226 g/mol. The number of nitrogens with zero attached hydrogens (tertiary/aromatic N) is 1. The Morgan fingerprint density at radius 3 is 2.82 bits per heavy atom. The first-order valence-corrected chi connectivity index (χ1v) is 5.29. The van der Waals surface area contributed by atoms with Gasteiger partial charge in [0.15, 0.2) is 0 Å². The smallest absolute Gasteiger partial charge is 0.345 e. The molecule has 0 spiro atoms. The van der Waals surface area contributed by atoms with E-state index in [-0.39, 0.29) is 5.63 Å². The second kappa shape index (κ2) is 3.59. The number of hydrogen-bond donors (Lipinski definition) is 1. The second-order valence-corrected chi connectivity index (χ2v) is 3.92. The lowest BCUT2D eigenvalue weighted by Gasteiger charge is -1.98. The van der Waals surface area contributed by atoms with Crippen LogP contribution in [0.5, 0.6) is 0 Å². The highest BCUT2D eigenvalue weighted by atomic mass is 16.4. The van der Waals surface area contributed by atoms with Crippen molar-refractivity contribution in [3.05, 3.63) is 52.5 Å². The Bertz CT molecular complexity index is 740. The van der Waals surface area contributed by atoms with Gasteiger partial charge in [-0.3, -0.25) is 5.10 Å². The lowest BCUT2D eigenvalue weighted by Crippen LogP contribution is -2.02. The summed E-state index contributed by atoms with van der Waals surface area (Å²) in [5.41, 5.74) is 2.23. The van der Waals surface area contributed by atoms with E-state index in [0.717, 1.165) is 11.1 Å². The fraction of sp³-hybridized carbons (Fsp3) is 0.0769. The molecule has 0 fully saturated rings. The Kier molecular flexibility index (Phi) is 2.08. The van der Waals surface area contributed by atoms with Crippen LogP contribution in [0.2, 0.25) is 0 Å². The van der Waals surface area contributed by atoms with Crippen molar-refractivity contribution in [2.75, 3.05) is 0 Å². The van der Waals surface area contributed by atoms with Crippen LogP contribution < -0.4 is 5.63 Å². The summed E-state index contributed by atoms with van der Waals surface area (Å²) >= 11 is 0. The van der Waals surface area contributed by atoms with Crippen LogP contribution in [0.25, 0.3) is 22.2 Å². The quantitative estimate of drug-likeness (QED) is 0.648. The molecule has 2 aromatic heterocycles. The maximum absolute atomic E-state index is 11.8. The zero-order chi connectivity index (χ0) is 11.8. The molecule has 0 unspecified atom stereocenters. The zero-order valence-corrected chi connectivity index (χ0v) is 9.23. The summed E-state index contributed by atoms with van der Waals surface area (Å²) in [6.45, 7) is 1.89. The van der Waals surface area contributed by atoms with Crippen molar-refractivity contribution in [3.63, 3.8) is 0 Å². The van der Waals surface area contributed by atoms with Gasteiger partial charge in [-0.25, -0.2) is 4.79 Å². The number of nitrogens with one attached hydrogen (secondary N) is 1. The molecule has 0 saturated carbocycles. The molecule has 0 aliphatic heterocycles. The van der Waals surface area contributed by atoms with Crippen molar-refractivity contribution in [2.24, 2.45) is 0 Å². The highest BCUT2D eigenvalue weighted by molar-refractivity contribution is 5.80. The van der Waals surface area contributed by atoms with Gasteiger partial charge in [-0.2, -0.15) is 5.10 Å². The third-order valence-electron chi connectivity index (χ3n) is 2.62. The van der Waals surface area contributed by atoms with Gasteiger partial charge in [0, 0.05) is 11.1 Å². The van der Waals surface area contributed by atoms with Crippen LogP contribution in [-0.2, 0) is 0 Å². The third kappa shape index (κ3) is 1.63. The van der Waals surface area contributed by atoms with Crippen molar-refractivity contribution < 1.29 is 4.42 Å². The van der Waals surface area contributed by atoms with Gasteiger partial charge < -0.3 is 4.42 Å². The molecule has 3 rings (SSSR count). The van der Waals surface area contributed by atoms with Gasteiger partial charge in [-0.15, -0.1) is 0 Å². The fourth-order valence-electron chi connectivity index (χ4n) is 1.80. The number of aromatic amines is 1. The van der Waals surface area contributed by atoms with Gasteiger partial charge in [0.2, 0.25) is 0 Å². The second-order valence-electron chi connectivity index (χ2n) is 3.92. The molecule has 0 radical (unpaired) electrons. The minimum Gasteiger partial charge on any atom is -0.422 e. The molecule has 0 atom stereocenters. The van der Waals surface area contributed by atoms with Crippen molar-refractivity contribution >= 4 is 11.0 Å². The molecule has 1 aromatic carbocycles. The highest BCUT2D eigenvalue weighted by Crippen LogP contribution is 2.19. The third-order valence-corrected chi connectivity index (χ3v) is 2.62. The van der Waals surface area contributed by atoms with Crippen molar-refractivity contribution in [1.82, 2.24) is 10.2 Å². The molecule has 0 bridgehead atoms. The van der Waals surface area contributed by atoms with E-state index >= 15 is 0 Å². The molecule has 1 N–H and O–H groups in total. The Morgan fingerprint density at radius 2 is 2.06 bits per heavy atom. The first-order chi connectivity index (χ1) is 8.24. The minimum atomic E-state index is -0.366. The predicted octanol–water partition coefficient (Wildman–Crippen LogP) is 2.49. The number of fused-ring (bicyclic) bond motifs is 1. The Labute approximate surface area is 96.9 Å². The highest BCUT2D eigenvalue weighted by Gasteiger charge is 2.09. The van der Waals surface area contributed by atoms with Crippen LogP contribution in [0.3, 0.4) is 0 Å². The number of aromatic nitrogens is 2. The maximum atomic E-state index is 11.8. The molecule has 84 valence electrons. The lowest BCUT2D eigenvalue weighted by molar-refractivity contribution is 0.563. The van der Waals surface area contributed by atoms with Crippen molar-refractivity contribution in [3.8, 4) is 11.3 Å². The van der Waals surface area contributed by atoms with Crippen molar-refractivity contribution in [1.29, 1.82) is 0 Å². The van der Waals surface area contributed by atoms with E-state index in [0.29, 0.717) is 16.8 Å². The van der Waals surface area contributed by atoms with Crippen LogP contribution in [0.4, 0.5) is 0 Å². The van der Waals surface area contributed by atoms with Crippen LogP contribution in [0.15, 0.2) is 45.6 Å². The standard InChI is InChI=1S/C13H10N2O2/c1-8-6-11(15-14-8)10-7-9-4-2-3-5-12(9)17-13(10)16/h2-7H,1H3,(H,14,15). The summed E-state index contributed by atoms with van der Waals surface area (Å²) in [5.74, 6) is 0. The average Bonchev–Trinajstić information content (AvgIpc) is 2.75. The Morgan fingerprint density at radius 1 is 1.24 bits per heavy atom. The number of hydrogen-bond acceptors (Lipinski definition) is 3. The first kappa shape index (κ1) is 9.84. The van der Waals surface area contributed by atoms with E-state index in [4.69, 9.17) is 4.42 Å². The number of benzene rings is 1. The summed E-state index contributed by atoms with van der Waals surface area (Å²) in [6.07, 6.45) is 0. The van der Waals surface area contributed by atoms with Gasteiger partial charge in [0.25, 0.3) is 0 Å². The summed E-state index contributed by atoms with van der Waals surface area (Å²) in [4.78, 5) is 11.8. The van der Waals surface area contributed by atoms with Crippen LogP contribution in [0.1, 0.15) is 5.69 Å². The maximum Gasteiger partial charge on any atom is 0.345 e. The minimum absolute atomic E-state index is 0.366. The van der Waals surface area contributed by atoms with Crippen LogP contribution >= 0.6 is 0 Å². The fourth-order valence-corrected chi connectivity index (χ4v) is 1.80. The van der Waals surface area contributed by atoms with E-state index in [1.54, 1.807) is 12.1 Å². The predicted molar refractivity (Wildman–Crippen MR) is 64.8 cm³/mol. The Balaban J connectivity index is 2.30. The van der Waals surface area contributed by atoms with Gasteiger partial charge in [-0.05, 0) is 25.1 Å². The van der Waals surface area contributed by atoms with E-state index < -0.39 is 0 Å². The molecule has 0 aliphatic carbocycles. The van der Waals surface area contributed by atoms with Crippen LogP contribution in [-0.4, -0.2) is 10.2 Å². The van der Waals surface area contributed by atoms with Crippen LogP contribution in [0, 0.1) is 6.92 Å². The summed E-state index contributed by atoms with van der Waals surface area (Å²) in [5, 5.41) is 7.77. The van der Waals surface area contributed by atoms with Crippen molar-refractivity contribution in [2.45, 2.75) is 6.92 Å². The molecular formula is C13H10N2O2. The molecule has 3 aromatic rings. The SMILES string of the molecule is Cc1cc(-c2cc3ccccc3oc2=O)n[nH]1. The van der Waals surface area contributed by atoms with Gasteiger partial charge in [0.1, 0.15) is 5.58 Å². The number of H-pyrrole nitrogens is 1. The zero-order valence-electron chi connectivity index (χ0n) is 9.23. The summed E-state index contributed by atoms with van der Waals surface area (Å²) in [6, 6.07) is 11.0. The first-order valence-electron chi connectivity index (χ1n) is 5.29. The summed E-state index contributed by atoms with van der Waals surface area (Å²) in [7, 11) is 0.